The molecule has 2 aromatic heterocycles. The number of carbonyl (C=O) groups is 2. The maximum absolute atomic E-state index is 10.6. The molecular weight excluding hydrogens is 528 g/mol. The largest absolute Gasteiger partial charge is 0.490 e. The lowest BCUT2D eigenvalue weighted by atomic mass is 10.1. The van der Waals surface area contributed by atoms with Crippen LogP contribution < -0.4 is 0 Å². The number of alkyl halides is 6. The van der Waals surface area contributed by atoms with E-state index in [1.165, 1.54) is 43.9 Å². The molecule has 2 aliphatic heterocycles. The molecule has 2 aromatic rings. The van der Waals surface area contributed by atoms with Gasteiger partial charge in [-0.15, -0.1) is 0 Å². The number of carboxylic acid groups (broad SMARTS) is 2. The number of rotatable bonds is 4. The SMILES string of the molecule is Cc1noc(C)c1CN1Cc2nccn2CC(CN2CCCC2)C1.O=C(O)C(F)(F)F.O=C(O)C(F)(F)F. The number of nitrogens with zero attached hydrogens (tertiary/aromatic N) is 5. The van der Waals surface area contributed by atoms with Crippen molar-refractivity contribution in [3.8, 4) is 0 Å². The predicted molar refractivity (Wildman–Crippen MR) is 119 cm³/mol. The van der Waals surface area contributed by atoms with Gasteiger partial charge in [0.1, 0.15) is 11.6 Å². The molecule has 0 bridgehead atoms. The molecule has 0 aliphatic carbocycles. The summed E-state index contributed by atoms with van der Waals surface area (Å²) in [5.41, 5.74) is 2.24. The number of carboxylic acids is 2. The fraction of sp³-hybridized carbons (Fsp3) is 0.636. The molecule has 4 rings (SSSR count). The van der Waals surface area contributed by atoms with Gasteiger partial charge in [-0.3, -0.25) is 4.90 Å². The summed E-state index contributed by atoms with van der Waals surface area (Å²) in [6.07, 6.45) is -3.40. The van der Waals surface area contributed by atoms with Crippen molar-refractivity contribution in [3.63, 3.8) is 0 Å². The lowest BCUT2D eigenvalue weighted by Gasteiger charge is -2.27. The van der Waals surface area contributed by atoms with E-state index in [-0.39, 0.29) is 0 Å². The van der Waals surface area contributed by atoms with E-state index in [0.29, 0.717) is 5.92 Å². The fourth-order valence-electron chi connectivity index (χ4n) is 4.14. The van der Waals surface area contributed by atoms with E-state index < -0.39 is 24.3 Å². The second-order valence-electron chi connectivity index (χ2n) is 8.95. The minimum absolute atomic E-state index is 0.638. The predicted octanol–water partition coefficient (Wildman–Crippen LogP) is 3.48. The molecule has 1 fully saturated rings. The Morgan fingerprint density at radius 3 is 2.03 bits per heavy atom. The Hall–Kier alpha value is -3.14. The number of aliphatic carboxylic acids is 2. The molecule has 0 amide bonds. The second kappa shape index (κ2) is 13.1. The summed E-state index contributed by atoms with van der Waals surface area (Å²) in [5, 5.41) is 18.4. The Labute approximate surface area is 213 Å². The van der Waals surface area contributed by atoms with Gasteiger partial charge in [0.15, 0.2) is 0 Å². The van der Waals surface area contributed by atoms with Gasteiger partial charge in [0.05, 0.1) is 12.2 Å². The number of hydrogen-bond donors (Lipinski definition) is 2. The van der Waals surface area contributed by atoms with Crippen molar-refractivity contribution in [2.45, 2.75) is 58.7 Å². The van der Waals surface area contributed by atoms with Crippen molar-refractivity contribution in [3.05, 3.63) is 35.2 Å². The molecule has 1 unspecified atom stereocenters. The van der Waals surface area contributed by atoms with Gasteiger partial charge < -0.3 is 24.2 Å². The van der Waals surface area contributed by atoms with Crippen LogP contribution in [0.1, 0.15) is 35.7 Å². The maximum atomic E-state index is 10.6. The van der Waals surface area contributed by atoms with Crippen LogP contribution in [0.15, 0.2) is 16.9 Å². The van der Waals surface area contributed by atoms with Gasteiger partial charge in [-0.2, -0.15) is 26.3 Å². The third-order valence-corrected chi connectivity index (χ3v) is 5.90. The first kappa shape index (κ1) is 31.1. The molecule has 0 radical (unpaired) electrons. The summed E-state index contributed by atoms with van der Waals surface area (Å²) in [6.45, 7) is 11.7. The average Bonchev–Trinajstić information content (AvgIpc) is 3.51. The molecule has 0 aromatic carbocycles. The summed E-state index contributed by atoms with van der Waals surface area (Å²) < 4.78 is 71.2. The first-order valence-electron chi connectivity index (χ1n) is 11.5. The van der Waals surface area contributed by atoms with Crippen molar-refractivity contribution in [1.82, 2.24) is 24.5 Å². The lowest BCUT2D eigenvalue weighted by Crippen LogP contribution is -2.35. The Kier molecular flexibility index (Phi) is 10.7. The van der Waals surface area contributed by atoms with Crippen LogP contribution in [0.3, 0.4) is 0 Å². The number of hydrogen-bond acceptors (Lipinski definition) is 7. The second-order valence-corrected chi connectivity index (χ2v) is 8.95. The summed E-state index contributed by atoms with van der Waals surface area (Å²) in [6, 6.07) is 0. The molecule has 16 heteroatoms. The van der Waals surface area contributed by atoms with Gasteiger partial charge in [-0.1, -0.05) is 5.16 Å². The molecule has 4 heterocycles. The zero-order valence-corrected chi connectivity index (χ0v) is 20.7. The minimum atomic E-state index is -5.08. The lowest BCUT2D eigenvalue weighted by molar-refractivity contribution is -0.193. The van der Waals surface area contributed by atoms with Crippen molar-refractivity contribution < 1.29 is 50.7 Å². The van der Waals surface area contributed by atoms with Crippen LogP contribution in [0.4, 0.5) is 26.3 Å². The summed E-state index contributed by atoms with van der Waals surface area (Å²) in [5.74, 6) is -2.76. The number of aromatic nitrogens is 3. The Bertz CT molecular complexity index is 1020. The van der Waals surface area contributed by atoms with E-state index in [1.807, 2.05) is 20.0 Å². The first-order valence-corrected chi connectivity index (χ1v) is 11.5. The molecule has 0 spiro atoms. The van der Waals surface area contributed by atoms with Gasteiger partial charge in [-0.05, 0) is 39.8 Å². The zero-order valence-electron chi connectivity index (χ0n) is 20.7. The third kappa shape index (κ3) is 9.63. The van der Waals surface area contributed by atoms with E-state index in [2.05, 4.69) is 30.7 Å². The summed E-state index contributed by atoms with van der Waals surface area (Å²) >= 11 is 0. The molecular formula is C22H29F6N5O5. The number of halogens is 6. The normalized spacial score (nSPS) is 18.5. The van der Waals surface area contributed by atoms with Crippen molar-refractivity contribution >= 4 is 11.9 Å². The van der Waals surface area contributed by atoms with Crippen LogP contribution in [0, 0.1) is 19.8 Å². The van der Waals surface area contributed by atoms with Crippen LogP contribution in [0.2, 0.25) is 0 Å². The van der Waals surface area contributed by atoms with Crippen LogP contribution in [-0.2, 0) is 29.2 Å². The molecule has 0 saturated carbocycles. The Morgan fingerprint density at radius 2 is 1.55 bits per heavy atom. The Morgan fingerprint density at radius 1 is 1.00 bits per heavy atom. The highest BCUT2D eigenvalue weighted by Crippen LogP contribution is 2.22. The van der Waals surface area contributed by atoms with E-state index in [4.69, 9.17) is 24.3 Å². The smallest absolute Gasteiger partial charge is 0.475 e. The summed E-state index contributed by atoms with van der Waals surface area (Å²) in [4.78, 5) is 27.5. The molecule has 1 saturated heterocycles. The monoisotopic (exact) mass is 557 g/mol. The molecule has 214 valence electrons. The van der Waals surface area contributed by atoms with Crippen molar-refractivity contribution in [1.29, 1.82) is 0 Å². The number of likely N-dealkylation sites (tertiary alicyclic amines) is 1. The van der Waals surface area contributed by atoms with Crippen LogP contribution in [0.5, 0.6) is 0 Å². The van der Waals surface area contributed by atoms with E-state index in [9.17, 15) is 26.3 Å². The highest BCUT2D eigenvalue weighted by atomic mass is 19.4. The topological polar surface area (TPSA) is 125 Å². The van der Waals surface area contributed by atoms with E-state index >= 15 is 0 Å². The fourth-order valence-corrected chi connectivity index (χ4v) is 4.14. The van der Waals surface area contributed by atoms with Gasteiger partial charge in [0.25, 0.3) is 0 Å². The molecule has 10 nitrogen and oxygen atoms in total. The molecule has 2 N–H and O–H groups in total. The minimum Gasteiger partial charge on any atom is -0.475 e. The molecule has 2 aliphatic rings. The van der Waals surface area contributed by atoms with Crippen molar-refractivity contribution in [2.75, 3.05) is 26.2 Å². The molecule has 38 heavy (non-hydrogen) atoms. The van der Waals surface area contributed by atoms with Gasteiger partial charge in [0, 0.05) is 50.1 Å². The van der Waals surface area contributed by atoms with Crippen molar-refractivity contribution in [2.24, 2.45) is 5.92 Å². The maximum Gasteiger partial charge on any atom is 0.490 e. The van der Waals surface area contributed by atoms with Crippen LogP contribution in [0.25, 0.3) is 0 Å². The van der Waals surface area contributed by atoms with Gasteiger partial charge in [0.2, 0.25) is 0 Å². The Balaban J connectivity index is 0.000000301. The highest BCUT2D eigenvalue weighted by molar-refractivity contribution is 5.73. The van der Waals surface area contributed by atoms with Crippen LogP contribution >= 0.6 is 0 Å². The van der Waals surface area contributed by atoms with E-state index in [1.54, 1.807) is 0 Å². The first-order chi connectivity index (χ1) is 17.6. The average molecular weight is 557 g/mol. The molecule has 1 atom stereocenters. The zero-order chi connectivity index (χ0) is 28.7. The number of aryl methyl sites for hydroxylation is 2. The highest BCUT2D eigenvalue weighted by Gasteiger charge is 2.39. The standard InChI is InChI=1S/C18H27N5O.2C2HF3O2/c1-14-17(15(2)24-20-14)12-22-10-16(9-21-6-3-4-7-21)11-23-8-5-19-18(23)13-22;2*3-2(4,5)1(6)7/h5,8,16H,3-4,6-7,9-13H2,1-2H3;2*(H,6,7). The number of imidazole rings is 1. The van der Waals surface area contributed by atoms with E-state index in [0.717, 1.165) is 37.6 Å². The number of fused-ring (bicyclic) bond motifs is 1. The van der Waals surface area contributed by atoms with Gasteiger partial charge >= 0.3 is 24.3 Å². The third-order valence-electron chi connectivity index (χ3n) is 5.90. The van der Waals surface area contributed by atoms with Gasteiger partial charge in [-0.25, -0.2) is 14.6 Å². The quantitative estimate of drug-likeness (QED) is 0.544. The van der Waals surface area contributed by atoms with Crippen LogP contribution in [-0.4, -0.2) is 85.2 Å². The summed E-state index contributed by atoms with van der Waals surface area (Å²) in [7, 11) is 0.